The number of fused-ring (bicyclic) bond motifs is 1. The summed E-state index contributed by atoms with van der Waals surface area (Å²) in [5.41, 5.74) is 2.88. The summed E-state index contributed by atoms with van der Waals surface area (Å²) in [5, 5.41) is 4.52. The van der Waals surface area contributed by atoms with Gasteiger partial charge in [-0.15, -0.1) is 11.3 Å². The van der Waals surface area contributed by atoms with Crippen LogP contribution in [0.2, 0.25) is 0 Å². The monoisotopic (exact) mass is 331 g/mol. The van der Waals surface area contributed by atoms with Gasteiger partial charge in [0.1, 0.15) is 4.88 Å². The van der Waals surface area contributed by atoms with Gasteiger partial charge in [-0.05, 0) is 31.5 Å². The van der Waals surface area contributed by atoms with Crippen molar-refractivity contribution in [3.63, 3.8) is 0 Å². The first-order valence-electron chi connectivity index (χ1n) is 7.10. The minimum atomic E-state index is -0.127. The lowest BCUT2D eigenvalue weighted by Gasteiger charge is -1.98. The number of hydrogen-bond acceptors (Lipinski definition) is 5. The number of carbonyl (C=O) groups is 1. The van der Waals surface area contributed by atoms with Crippen LogP contribution in [-0.4, -0.2) is 15.9 Å². The van der Waals surface area contributed by atoms with Crippen molar-refractivity contribution in [3.05, 3.63) is 39.3 Å². The van der Waals surface area contributed by atoms with Crippen LogP contribution in [0.15, 0.2) is 18.2 Å². The molecule has 0 aliphatic rings. The molecule has 1 aromatic carbocycles. The quantitative estimate of drug-likeness (QED) is 0.754. The molecule has 0 unspecified atom stereocenters. The van der Waals surface area contributed by atoms with E-state index in [4.69, 9.17) is 0 Å². The number of carbonyl (C=O) groups excluding carboxylic acids is 1. The number of hydrogen-bond donors (Lipinski definition) is 1. The van der Waals surface area contributed by atoms with E-state index in [1.807, 2.05) is 26.0 Å². The van der Waals surface area contributed by atoms with Gasteiger partial charge in [-0.25, -0.2) is 9.97 Å². The molecule has 0 aliphatic heterocycles. The first-order valence-corrected chi connectivity index (χ1v) is 8.73. The number of aryl methyl sites for hydroxylation is 2. The van der Waals surface area contributed by atoms with Crippen molar-refractivity contribution in [3.8, 4) is 0 Å². The Labute approximate surface area is 137 Å². The third-order valence-corrected chi connectivity index (χ3v) is 5.67. The van der Waals surface area contributed by atoms with Gasteiger partial charge in [-0.1, -0.05) is 31.3 Å². The Kier molecular flexibility index (Phi) is 3.97. The van der Waals surface area contributed by atoms with Crippen LogP contribution in [0.4, 0.5) is 5.13 Å². The molecule has 114 valence electrons. The predicted molar refractivity (Wildman–Crippen MR) is 93.3 cm³/mol. The SMILES string of the molecule is Cc1ccc2nc(NC(=O)c3sc(C(C)C)nc3C)sc2c1. The highest BCUT2D eigenvalue weighted by molar-refractivity contribution is 7.22. The lowest BCUT2D eigenvalue weighted by Crippen LogP contribution is -2.11. The van der Waals surface area contributed by atoms with Crippen molar-refractivity contribution in [1.29, 1.82) is 0 Å². The highest BCUT2D eigenvalue weighted by atomic mass is 32.1. The molecule has 1 N–H and O–H groups in total. The van der Waals surface area contributed by atoms with E-state index in [2.05, 4.69) is 35.2 Å². The van der Waals surface area contributed by atoms with E-state index in [0.717, 1.165) is 20.9 Å². The summed E-state index contributed by atoms with van der Waals surface area (Å²) in [6, 6.07) is 6.08. The molecular weight excluding hydrogens is 314 g/mol. The van der Waals surface area contributed by atoms with Crippen LogP contribution in [0.5, 0.6) is 0 Å². The summed E-state index contributed by atoms with van der Waals surface area (Å²) in [7, 11) is 0. The number of rotatable bonds is 3. The Morgan fingerprint density at radius 1 is 1.18 bits per heavy atom. The highest BCUT2D eigenvalue weighted by Crippen LogP contribution is 2.29. The van der Waals surface area contributed by atoms with Crippen LogP contribution in [0.1, 0.15) is 45.7 Å². The topological polar surface area (TPSA) is 54.9 Å². The molecule has 3 aromatic rings. The van der Waals surface area contributed by atoms with Crippen LogP contribution in [0.3, 0.4) is 0 Å². The molecule has 22 heavy (non-hydrogen) atoms. The number of anilines is 1. The van der Waals surface area contributed by atoms with Crippen molar-refractivity contribution in [1.82, 2.24) is 9.97 Å². The normalized spacial score (nSPS) is 11.3. The van der Waals surface area contributed by atoms with E-state index in [9.17, 15) is 4.79 Å². The summed E-state index contributed by atoms with van der Waals surface area (Å²) in [6.45, 7) is 8.08. The van der Waals surface area contributed by atoms with Crippen LogP contribution in [-0.2, 0) is 0 Å². The fourth-order valence-corrected chi connectivity index (χ4v) is 4.04. The van der Waals surface area contributed by atoms with Crippen LogP contribution >= 0.6 is 22.7 Å². The Morgan fingerprint density at radius 3 is 2.64 bits per heavy atom. The fraction of sp³-hybridized carbons (Fsp3) is 0.312. The molecule has 0 saturated heterocycles. The number of nitrogens with zero attached hydrogens (tertiary/aromatic N) is 2. The second-order valence-corrected chi connectivity index (χ2v) is 7.63. The smallest absolute Gasteiger partial charge is 0.269 e. The lowest BCUT2D eigenvalue weighted by molar-refractivity contribution is 0.103. The summed E-state index contributed by atoms with van der Waals surface area (Å²) in [6.07, 6.45) is 0. The maximum absolute atomic E-state index is 12.4. The van der Waals surface area contributed by atoms with E-state index in [0.29, 0.717) is 15.9 Å². The molecule has 4 nitrogen and oxygen atoms in total. The molecule has 1 amide bonds. The minimum absolute atomic E-state index is 0.127. The fourth-order valence-electron chi connectivity index (χ4n) is 2.11. The summed E-state index contributed by atoms with van der Waals surface area (Å²) >= 11 is 2.95. The van der Waals surface area contributed by atoms with Gasteiger partial charge >= 0.3 is 0 Å². The van der Waals surface area contributed by atoms with E-state index in [1.54, 1.807) is 0 Å². The number of thiazole rings is 2. The van der Waals surface area contributed by atoms with Gasteiger partial charge in [0, 0.05) is 5.92 Å². The van der Waals surface area contributed by atoms with Gasteiger partial charge in [-0.3, -0.25) is 10.1 Å². The maximum Gasteiger partial charge on any atom is 0.269 e. The maximum atomic E-state index is 12.4. The standard InChI is InChI=1S/C16H17N3OS2/c1-8(2)15-17-10(4)13(22-15)14(20)19-16-18-11-6-5-9(3)7-12(11)21-16/h5-8H,1-4H3,(H,18,19,20). The lowest BCUT2D eigenvalue weighted by atomic mass is 10.2. The molecule has 0 spiro atoms. The minimum Gasteiger partial charge on any atom is -0.297 e. The van der Waals surface area contributed by atoms with E-state index in [-0.39, 0.29) is 5.91 Å². The molecule has 3 rings (SSSR count). The zero-order valence-corrected chi connectivity index (χ0v) is 14.6. The predicted octanol–water partition coefficient (Wildman–Crippen LogP) is 4.75. The van der Waals surface area contributed by atoms with Crippen LogP contribution in [0, 0.1) is 13.8 Å². The number of benzene rings is 1. The molecule has 0 fully saturated rings. The molecular formula is C16H17N3OS2. The third-order valence-electron chi connectivity index (χ3n) is 3.28. The first kappa shape index (κ1) is 15.1. The first-order chi connectivity index (χ1) is 10.4. The van der Waals surface area contributed by atoms with Gasteiger partial charge in [-0.2, -0.15) is 0 Å². The van der Waals surface area contributed by atoms with Crippen molar-refractivity contribution in [2.45, 2.75) is 33.6 Å². The molecule has 0 saturated carbocycles. The average Bonchev–Trinajstić information content (AvgIpc) is 3.01. The van der Waals surface area contributed by atoms with Gasteiger partial charge in [0.15, 0.2) is 5.13 Å². The van der Waals surface area contributed by atoms with E-state index >= 15 is 0 Å². The molecule has 0 aliphatic carbocycles. The molecule has 2 heterocycles. The zero-order valence-electron chi connectivity index (χ0n) is 12.9. The van der Waals surface area contributed by atoms with Gasteiger partial charge < -0.3 is 0 Å². The van der Waals surface area contributed by atoms with Crippen molar-refractivity contribution >= 4 is 43.9 Å². The third kappa shape index (κ3) is 2.89. The average molecular weight is 331 g/mol. The molecule has 0 radical (unpaired) electrons. The molecule has 0 bridgehead atoms. The van der Waals surface area contributed by atoms with E-state index in [1.165, 1.54) is 28.2 Å². The van der Waals surface area contributed by atoms with Gasteiger partial charge in [0.2, 0.25) is 0 Å². The number of aromatic nitrogens is 2. The molecule has 6 heteroatoms. The van der Waals surface area contributed by atoms with Crippen molar-refractivity contribution < 1.29 is 4.79 Å². The largest absolute Gasteiger partial charge is 0.297 e. The Bertz CT molecular complexity index is 848. The highest BCUT2D eigenvalue weighted by Gasteiger charge is 2.18. The van der Waals surface area contributed by atoms with Crippen molar-refractivity contribution in [2.75, 3.05) is 5.32 Å². The second kappa shape index (κ2) is 5.78. The zero-order chi connectivity index (χ0) is 15.9. The Morgan fingerprint density at radius 2 is 1.95 bits per heavy atom. The molecule has 0 atom stereocenters. The van der Waals surface area contributed by atoms with Gasteiger partial charge in [0.25, 0.3) is 5.91 Å². The van der Waals surface area contributed by atoms with Crippen molar-refractivity contribution in [2.24, 2.45) is 0 Å². The Balaban J connectivity index is 1.86. The summed E-state index contributed by atoms with van der Waals surface area (Å²) in [5.74, 6) is 0.202. The number of nitrogens with one attached hydrogen (secondary N) is 1. The van der Waals surface area contributed by atoms with E-state index < -0.39 is 0 Å². The van der Waals surface area contributed by atoms with Gasteiger partial charge in [0.05, 0.1) is 20.9 Å². The second-order valence-electron chi connectivity index (χ2n) is 5.57. The van der Waals surface area contributed by atoms with Crippen LogP contribution in [0.25, 0.3) is 10.2 Å². The Hall–Kier alpha value is -1.79. The summed E-state index contributed by atoms with van der Waals surface area (Å²) < 4.78 is 1.08. The molecule has 2 aromatic heterocycles. The van der Waals surface area contributed by atoms with Crippen LogP contribution < -0.4 is 5.32 Å². The number of amides is 1. The summed E-state index contributed by atoms with van der Waals surface area (Å²) in [4.78, 5) is 22.0.